The van der Waals surface area contributed by atoms with Crippen LogP contribution in [0.3, 0.4) is 0 Å². The van der Waals surface area contributed by atoms with Crippen molar-refractivity contribution in [3.8, 4) is 5.75 Å². The lowest BCUT2D eigenvalue weighted by molar-refractivity contribution is 0.415. The van der Waals surface area contributed by atoms with Gasteiger partial charge in [-0.2, -0.15) is 0 Å². The number of hydrogen-bond acceptors (Lipinski definition) is 4. The largest absolute Gasteiger partial charge is 0.497 e. The average Bonchev–Trinajstić information content (AvgIpc) is 2.68. The second-order valence-corrected chi connectivity index (χ2v) is 7.90. The van der Waals surface area contributed by atoms with E-state index < -0.39 is 10.0 Å². The standard InChI is InChI=1S/C20H19N3O3S2/c1-26-18-11-5-9-16(13-18)21-20(27)22-17-10-6-12-19(14-17)28(24,25)23-15-7-3-2-4-8-15/h2-14,23H,1H3,(H2,21,22,27). The third-order valence-electron chi connectivity index (χ3n) is 3.76. The fraction of sp³-hybridized carbons (Fsp3) is 0.0500. The van der Waals surface area contributed by atoms with Gasteiger partial charge in [0.15, 0.2) is 5.11 Å². The number of ether oxygens (including phenoxy) is 1. The summed E-state index contributed by atoms with van der Waals surface area (Å²) >= 11 is 5.31. The summed E-state index contributed by atoms with van der Waals surface area (Å²) < 4.78 is 32.9. The molecule has 0 unspecified atom stereocenters. The van der Waals surface area contributed by atoms with E-state index in [1.54, 1.807) is 49.6 Å². The van der Waals surface area contributed by atoms with Crippen molar-refractivity contribution in [1.82, 2.24) is 0 Å². The topological polar surface area (TPSA) is 79.5 Å². The van der Waals surface area contributed by atoms with Crippen LogP contribution in [0.1, 0.15) is 0 Å². The molecule has 3 aromatic rings. The van der Waals surface area contributed by atoms with Crippen molar-refractivity contribution in [2.45, 2.75) is 4.90 Å². The molecule has 3 N–H and O–H groups in total. The average molecular weight is 414 g/mol. The zero-order chi connectivity index (χ0) is 20.0. The smallest absolute Gasteiger partial charge is 0.261 e. The number of benzene rings is 3. The maximum Gasteiger partial charge on any atom is 0.261 e. The molecule has 28 heavy (non-hydrogen) atoms. The van der Waals surface area contributed by atoms with Crippen LogP contribution < -0.4 is 20.1 Å². The molecule has 0 amide bonds. The van der Waals surface area contributed by atoms with Gasteiger partial charge in [-0.05, 0) is 54.7 Å². The zero-order valence-corrected chi connectivity index (χ0v) is 16.7. The molecule has 0 aliphatic rings. The Morgan fingerprint density at radius 1 is 0.821 bits per heavy atom. The van der Waals surface area contributed by atoms with Crippen LogP contribution in [0.4, 0.5) is 17.1 Å². The Balaban J connectivity index is 1.71. The Labute approximate surface area is 169 Å². The second kappa shape index (κ2) is 8.73. The fourth-order valence-electron chi connectivity index (χ4n) is 2.46. The summed E-state index contributed by atoms with van der Waals surface area (Å²) in [5, 5.41) is 6.36. The summed E-state index contributed by atoms with van der Waals surface area (Å²) in [6.45, 7) is 0. The molecule has 0 saturated carbocycles. The summed E-state index contributed by atoms with van der Waals surface area (Å²) in [7, 11) is -2.12. The van der Waals surface area contributed by atoms with E-state index in [0.29, 0.717) is 22.2 Å². The van der Waals surface area contributed by atoms with Gasteiger partial charge < -0.3 is 15.4 Å². The normalized spacial score (nSPS) is 10.8. The molecular formula is C20H19N3O3S2. The van der Waals surface area contributed by atoms with E-state index in [1.165, 1.54) is 12.1 Å². The lowest BCUT2D eigenvalue weighted by atomic mass is 10.3. The van der Waals surface area contributed by atoms with Gasteiger partial charge in [0.1, 0.15) is 5.75 Å². The van der Waals surface area contributed by atoms with E-state index in [0.717, 1.165) is 5.69 Å². The van der Waals surface area contributed by atoms with Gasteiger partial charge in [0.25, 0.3) is 10.0 Å². The zero-order valence-electron chi connectivity index (χ0n) is 15.0. The Bertz CT molecular complexity index is 1070. The molecule has 0 spiro atoms. The van der Waals surface area contributed by atoms with E-state index in [4.69, 9.17) is 17.0 Å². The first kappa shape index (κ1) is 19.7. The SMILES string of the molecule is COc1cccc(NC(=S)Nc2cccc(S(=O)(=O)Nc3ccccc3)c2)c1. The highest BCUT2D eigenvalue weighted by Gasteiger charge is 2.14. The lowest BCUT2D eigenvalue weighted by Crippen LogP contribution is -2.19. The molecule has 0 bridgehead atoms. The molecule has 0 aromatic heterocycles. The first-order valence-corrected chi connectivity index (χ1v) is 10.3. The van der Waals surface area contributed by atoms with Crippen LogP contribution in [-0.4, -0.2) is 20.6 Å². The predicted octanol–water partition coefficient (Wildman–Crippen LogP) is 4.30. The van der Waals surface area contributed by atoms with Crippen LogP contribution in [0, 0.1) is 0 Å². The fourth-order valence-corrected chi connectivity index (χ4v) is 3.80. The maximum atomic E-state index is 12.6. The Hall–Kier alpha value is -3.10. The monoisotopic (exact) mass is 413 g/mol. The minimum absolute atomic E-state index is 0.130. The predicted molar refractivity (Wildman–Crippen MR) is 117 cm³/mol. The van der Waals surface area contributed by atoms with E-state index in [2.05, 4.69) is 15.4 Å². The van der Waals surface area contributed by atoms with Gasteiger partial charge in [-0.25, -0.2) is 8.42 Å². The summed E-state index contributed by atoms with van der Waals surface area (Å²) in [5.41, 5.74) is 1.80. The van der Waals surface area contributed by atoms with Crippen LogP contribution >= 0.6 is 12.2 Å². The van der Waals surface area contributed by atoms with Crippen LogP contribution in [-0.2, 0) is 10.0 Å². The van der Waals surface area contributed by atoms with Crippen LogP contribution in [0.15, 0.2) is 83.8 Å². The minimum Gasteiger partial charge on any atom is -0.497 e. The summed E-state index contributed by atoms with van der Waals surface area (Å²) in [4.78, 5) is 0.130. The molecule has 3 aromatic carbocycles. The van der Waals surface area contributed by atoms with Gasteiger partial charge in [-0.1, -0.05) is 30.3 Å². The summed E-state index contributed by atoms with van der Waals surface area (Å²) in [6.07, 6.45) is 0. The second-order valence-electron chi connectivity index (χ2n) is 5.81. The molecule has 144 valence electrons. The number of methoxy groups -OCH3 is 1. The van der Waals surface area contributed by atoms with Crippen molar-refractivity contribution < 1.29 is 13.2 Å². The molecule has 0 fully saturated rings. The summed E-state index contributed by atoms with van der Waals surface area (Å²) in [5.74, 6) is 0.702. The molecule has 0 atom stereocenters. The molecular weight excluding hydrogens is 394 g/mol. The molecule has 0 aliphatic carbocycles. The van der Waals surface area contributed by atoms with Crippen molar-refractivity contribution in [2.75, 3.05) is 22.5 Å². The number of thiocarbonyl (C=S) groups is 1. The van der Waals surface area contributed by atoms with Crippen molar-refractivity contribution >= 4 is 44.4 Å². The Morgan fingerprint density at radius 3 is 2.11 bits per heavy atom. The Kier molecular flexibility index (Phi) is 6.13. The number of nitrogens with one attached hydrogen (secondary N) is 3. The third-order valence-corrected chi connectivity index (χ3v) is 5.34. The van der Waals surface area contributed by atoms with Gasteiger partial charge >= 0.3 is 0 Å². The van der Waals surface area contributed by atoms with E-state index in [9.17, 15) is 8.42 Å². The van der Waals surface area contributed by atoms with Crippen molar-refractivity contribution in [1.29, 1.82) is 0 Å². The highest BCUT2D eigenvalue weighted by atomic mass is 32.2. The maximum absolute atomic E-state index is 12.6. The van der Waals surface area contributed by atoms with Gasteiger partial charge in [0.05, 0.1) is 12.0 Å². The molecule has 8 heteroatoms. The number of anilines is 3. The number of rotatable bonds is 6. The molecule has 0 radical (unpaired) electrons. The number of sulfonamides is 1. The molecule has 0 aliphatic heterocycles. The van der Waals surface area contributed by atoms with E-state index in [1.807, 2.05) is 24.3 Å². The van der Waals surface area contributed by atoms with Crippen LogP contribution in [0.2, 0.25) is 0 Å². The van der Waals surface area contributed by atoms with Crippen molar-refractivity contribution in [2.24, 2.45) is 0 Å². The van der Waals surface area contributed by atoms with Crippen LogP contribution in [0.5, 0.6) is 5.75 Å². The van der Waals surface area contributed by atoms with Gasteiger partial charge in [-0.15, -0.1) is 0 Å². The van der Waals surface area contributed by atoms with Crippen molar-refractivity contribution in [3.63, 3.8) is 0 Å². The lowest BCUT2D eigenvalue weighted by Gasteiger charge is -2.13. The van der Waals surface area contributed by atoms with Gasteiger partial charge in [0.2, 0.25) is 0 Å². The summed E-state index contributed by atoms with van der Waals surface area (Å²) in [6, 6.07) is 22.5. The highest BCUT2D eigenvalue weighted by molar-refractivity contribution is 7.92. The molecule has 0 saturated heterocycles. The quantitative estimate of drug-likeness (QED) is 0.523. The minimum atomic E-state index is -3.71. The van der Waals surface area contributed by atoms with Crippen LogP contribution in [0.25, 0.3) is 0 Å². The first-order valence-electron chi connectivity index (χ1n) is 8.36. The van der Waals surface area contributed by atoms with Gasteiger partial charge in [0, 0.05) is 23.1 Å². The number of hydrogen-bond donors (Lipinski definition) is 3. The molecule has 0 heterocycles. The van der Waals surface area contributed by atoms with Gasteiger partial charge in [-0.3, -0.25) is 4.72 Å². The number of para-hydroxylation sites is 1. The molecule has 6 nitrogen and oxygen atoms in total. The third kappa shape index (κ3) is 5.21. The highest BCUT2D eigenvalue weighted by Crippen LogP contribution is 2.20. The van der Waals surface area contributed by atoms with Crippen molar-refractivity contribution in [3.05, 3.63) is 78.9 Å². The molecule has 3 rings (SSSR count). The van der Waals surface area contributed by atoms with E-state index >= 15 is 0 Å². The first-order chi connectivity index (χ1) is 13.5. The van der Waals surface area contributed by atoms with E-state index in [-0.39, 0.29) is 4.90 Å². The Morgan fingerprint density at radius 2 is 1.43 bits per heavy atom.